The number of rotatable bonds is 4. The lowest BCUT2D eigenvalue weighted by Gasteiger charge is -2.31. The number of carbonyl (C=O) groups is 1. The number of ether oxygens (including phenoxy) is 2. The summed E-state index contributed by atoms with van der Waals surface area (Å²) < 4.78 is 10.7. The molecule has 0 aliphatic carbocycles. The highest BCUT2D eigenvalue weighted by Gasteiger charge is 2.22. The van der Waals surface area contributed by atoms with Gasteiger partial charge in [-0.3, -0.25) is 4.79 Å². The van der Waals surface area contributed by atoms with E-state index in [0.717, 1.165) is 25.9 Å². The molecule has 1 aliphatic rings. The zero-order valence-corrected chi connectivity index (χ0v) is 11.2. The fourth-order valence-corrected chi connectivity index (χ4v) is 2.18. The number of likely N-dealkylation sites (tertiary alicyclic amines) is 1. The average Bonchev–Trinajstić information content (AvgIpc) is 2.45. The molecule has 0 aromatic heterocycles. The van der Waals surface area contributed by atoms with Crippen LogP contribution in [0.2, 0.25) is 0 Å². The summed E-state index contributed by atoms with van der Waals surface area (Å²) in [5, 5.41) is 0. The van der Waals surface area contributed by atoms with Crippen molar-refractivity contribution in [1.29, 1.82) is 0 Å². The van der Waals surface area contributed by atoms with Crippen molar-refractivity contribution in [2.75, 3.05) is 32.5 Å². The van der Waals surface area contributed by atoms with Gasteiger partial charge < -0.3 is 20.1 Å². The van der Waals surface area contributed by atoms with E-state index in [1.54, 1.807) is 31.4 Å². The summed E-state index contributed by atoms with van der Waals surface area (Å²) in [6, 6.07) is 7.09. The van der Waals surface area contributed by atoms with Crippen LogP contribution in [0.3, 0.4) is 0 Å². The number of anilines is 1. The van der Waals surface area contributed by atoms with Gasteiger partial charge in [-0.05, 0) is 25.0 Å². The maximum Gasteiger partial charge on any atom is 0.260 e. The maximum atomic E-state index is 12.0. The van der Waals surface area contributed by atoms with E-state index < -0.39 is 0 Å². The molecule has 5 heteroatoms. The van der Waals surface area contributed by atoms with Gasteiger partial charge in [0.05, 0.1) is 6.10 Å². The predicted molar refractivity (Wildman–Crippen MR) is 73.0 cm³/mol. The molecule has 0 bridgehead atoms. The van der Waals surface area contributed by atoms with E-state index in [4.69, 9.17) is 15.2 Å². The Morgan fingerprint density at radius 2 is 2.16 bits per heavy atom. The largest absolute Gasteiger partial charge is 0.484 e. The second-order valence-corrected chi connectivity index (χ2v) is 4.68. The van der Waals surface area contributed by atoms with Crippen LogP contribution in [0.25, 0.3) is 0 Å². The fourth-order valence-electron chi connectivity index (χ4n) is 2.18. The summed E-state index contributed by atoms with van der Waals surface area (Å²) in [6.07, 6.45) is 2.06. The Bertz CT molecular complexity index is 428. The summed E-state index contributed by atoms with van der Waals surface area (Å²) >= 11 is 0. The van der Waals surface area contributed by atoms with Gasteiger partial charge in [-0.2, -0.15) is 0 Å². The normalized spacial score (nSPS) is 16.4. The van der Waals surface area contributed by atoms with Crippen molar-refractivity contribution in [2.45, 2.75) is 18.9 Å². The van der Waals surface area contributed by atoms with Crippen molar-refractivity contribution >= 4 is 11.6 Å². The Morgan fingerprint density at radius 1 is 1.42 bits per heavy atom. The molecule has 1 aromatic rings. The molecule has 1 aliphatic heterocycles. The van der Waals surface area contributed by atoms with Gasteiger partial charge in [0, 0.05) is 32.0 Å². The number of piperidine rings is 1. The summed E-state index contributed by atoms with van der Waals surface area (Å²) in [7, 11) is 1.71. The summed E-state index contributed by atoms with van der Waals surface area (Å²) in [4.78, 5) is 13.8. The average molecular weight is 264 g/mol. The Hall–Kier alpha value is -1.75. The van der Waals surface area contributed by atoms with Crippen molar-refractivity contribution in [3.63, 3.8) is 0 Å². The molecule has 1 saturated heterocycles. The molecule has 0 atom stereocenters. The summed E-state index contributed by atoms with van der Waals surface area (Å²) in [5.74, 6) is 0.636. The number of nitrogen functional groups attached to an aromatic ring is 1. The SMILES string of the molecule is COC1CCN(C(=O)COc2cccc(N)c2)CC1. The minimum Gasteiger partial charge on any atom is -0.484 e. The number of amides is 1. The molecule has 1 amide bonds. The Kier molecular flexibility index (Phi) is 4.63. The van der Waals surface area contributed by atoms with E-state index in [1.165, 1.54) is 0 Å². The van der Waals surface area contributed by atoms with Crippen LogP contribution in [0.5, 0.6) is 5.75 Å². The molecule has 1 aromatic carbocycles. The molecule has 0 spiro atoms. The Morgan fingerprint density at radius 3 is 2.79 bits per heavy atom. The molecule has 0 radical (unpaired) electrons. The van der Waals surface area contributed by atoms with Crippen LogP contribution >= 0.6 is 0 Å². The van der Waals surface area contributed by atoms with Gasteiger partial charge in [-0.1, -0.05) is 6.07 Å². The Balaban J connectivity index is 1.79. The van der Waals surface area contributed by atoms with Gasteiger partial charge in [0.2, 0.25) is 0 Å². The molecule has 2 rings (SSSR count). The van der Waals surface area contributed by atoms with E-state index in [9.17, 15) is 4.79 Å². The number of nitrogens with zero attached hydrogens (tertiary/aromatic N) is 1. The first-order chi connectivity index (χ1) is 9.19. The van der Waals surface area contributed by atoms with E-state index in [0.29, 0.717) is 11.4 Å². The highest BCUT2D eigenvalue weighted by molar-refractivity contribution is 5.77. The molecule has 1 fully saturated rings. The lowest BCUT2D eigenvalue weighted by Crippen LogP contribution is -2.42. The van der Waals surface area contributed by atoms with Crippen molar-refractivity contribution < 1.29 is 14.3 Å². The zero-order chi connectivity index (χ0) is 13.7. The highest BCUT2D eigenvalue weighted by Crippen LogP contribution is 2.16. The lowest BCUT2D eigenvalue weighted by atomic mass is 10.1. The second-order valence-electron chi connectivity index (χ2n) is 4.68. The molecule has 0 saturated carbocycles. The van der Waals surface area contributed by atoms with Crippen LogP contribution in [-0.2, 0) is 9.53 Å². The molecular weight excluding hydrogens is 244 g/mol. The van der Waals surface area contributed by atoms with E-state index in [2.05, 4.69) is 0 Å². The van der Waals surface area contributed by atoms with Crippen LogP contribution in [0.1, 0.15) is 12.8 Å². The van der Waals surface area contributed by atoms with E-state index in [-0.39, 0.29) is 18.6 Å². The number of benzene rings is 1. The van der Waals surface area contributed by atoms with Crippen LogP contribution < -0.4 is 10.5 Å². The first-order valence-corrected chi connectivity index (χ1v) is 6.48. The molecule has 5 nitrogen and oxygen atoms in total. The topological polar surface area (TPSA) is 64.8 Å². The van der Waals surface area contributed by atoms with Gasteiger partial charge >= 0.3 is 0 Å². The molecular formula is C14H20N2O3. The molecule has 19 heavy (non-hydrogen) atoms. The monoisotopic (exact) mass is 264 g/mol. The molecule has 2 N–H and O–H groups in total. The zero-order valence-electron chi connectivity index (χ0n) is 11.2. The van der Waals surface area contributed by atoms with Gasteiger partial charge in [0.25, 0.3) is 5.91 Å². The van der Waals surface area contributed by atoms with Crippen LogP contribution in [0.15, 0.2) is 24.3 Å². The number of nitrogens with two attached hydrogens (primary N) is 1. The number of hydrogen-bond acceptors (Lipinski definition) is 4. The van der Waals surface area contributed by atoms with Crippen molar-refractivity contribution in [2.24, 2.45) is 0 Å². The number of methoxy groups -OCH3 is 1. The third kappa shape index (κ3) is 3.86. The second kappa shape index (κ2) is 6.43. The standard InChI is InChI=1S/C14H20N2O3/c1-18-12-5-7-16(8-6-12)14(17)10-19-13-4-2-3-11(15)9-13/h2-4,9,12H,5-8,10,15H2,1H3. The van der Waals surface area contributed by atoms with Gasteiger partial charge in [0.15, 0.2) is 6.61 Å². The predicted octanol–water partition coefficient (Wildman–Crippen LogP) is 1.28. The van der Waals surface area contributed by atoms with E-state index in [1.807, 2.05) is 4.90 Å². The Labute approximate surface area is 113 Å². The molecule has 1 heterocycles. The minimum absolute atomic E-state index is 0.0111. The quantitative estimate of drug-likeness (QED) is 0.832. The minimum atomic E-state index is 0.0111. The number of hydrogen-bond donors (Lipinski definition) is 1. The first kappa shape index (κ1) is 13.7. The summed E-state index contributed by atoms with van der Waals surface area (Å²) in [5.41, 5.74) is 6.28. The van der Waals surface area contributed by atoms with Gasteiger partial charge in [-0.25, -0.2) is 0 Å². The van der Waals surface area contributed by atoms with Crippen molar-refractivity contribution in [1.82, 2.24) is 4.90 Å². The number of carbonyl (C=O) groups excluding carboxylic acids is 1. The first-order valence-electron chi connectivity index (χ1n) is 6.48. The van der Waals surface area contributed by atoms with Crippen LogP contribution in [-0.4, -0.2) is 43.7 Å². The molecule has 0 unspecified atom stereocenters. The van der Waals surface area contributed by atoms with Gasteiger partial charge in [0.1, 0.15) is 5.75 Å². The summed E-state index contributed by atoms with van der Waals surface area (Å²) in [6.45, 7) is 1.52. The third-order valence-electron chi connectivity index (χ3n) is 3.35. The lowest BCUT2D eigenvalue weighted by molar-refractivity contribution is -0.135. The highest BCUT2D eigenvalue weighted by atomic mass is 16.5. The smallest absolute Gasteiger partial charge is 0.260 e. The van der Waals surface area contributed by atoms with Crippen LogP contribution in [0, 0.1) is 0 Å². The fraction of sp³-hybridized carbons (Fsp3) is 0.500. The molecule has 104 valence electrons. The van der Waals surface area contributed by atoms with Crippen LogP contribution in [0.4, 0.5) is 5.69 Å². The third-order valence-corrected chi connectivity index (χ3v) is 3.35. The maximum absolute atomic E-state index is 12.0. The van der Waals surface area contributed by atoms with Crippen molar-refractivity contribution in [3.8, 4) is 5.75 Å². The van der Waals surface area contributed by atoms with Crippen molar-refractivity contribution in [3.05, 3.63) is 24.3 Å². The van der Waals surface area contributed by atoms with E-state index >= 15 is 0 Å². The van der Waals surface area contributed by atoms with Gasteiger partial charge in [-0.15, -0.1) is 0 Å².